The van der Waals surface area contributed by atoms with Gasteiger partial charge in [-0.3, -0.25) is 9.78 Å². The van der Waals surface area contributed by atoms with Crippen molar-refractivity contribution in [1.29, 1.82) is 0 Å². The van der Waals surface area contributed by atoms with Crippen molar-refractivity contribution in [2.24, 2.45) is 0 Å². The van der Waals surface area contributed by atoms with Crippen LogP contribution in [0.15, 0.2) is 18.5 Å². The van der Waals surface area contributed by atoms with E-state index in [1.165, 1.54) is 6.20 Å². The Hall–Kier alpha value is -0.740. The Bertz CT molecular complexity index is 382. The zero-order valence-electron chi connectivity index (χ0n) is 9.58. The average Bonchev–Trinajstić information content (AvgIpc) is 2.27. The first-order valence-corrected chi connectivity index (χ1v) is 6.49. The molecule has 0 saturated carbocycles. The topological polar surface area (TPSA) is 42.0 Å². The Labute approximate surface area is 105 Å². The molecular weight excluding hydrogens is 244 g/mol. The normalized spacial score (nSPS) is 11.2. The standard InChI is InChI=1S/C11H15ClN2OS/c1-11(2,16-3)7-14-10(15)8-4-5-13-6-9(8)12/h4-6H,7H2,1-3H3,(H,14,15). The molecule has 1 N–H and O–H groups in total. The maximum absolute atomic E-state index is 11.8. The largest absolute Gasteiger partial charge is 0.351 e. The van der Waals surface area contributed by atoms with Gasteiger partial charge in [-0.1, -0.05) is 11.6 Å². The number of nitrogens with one attached hydrogen (secondary N) is 1. The lowest BCUT2D eigenvalue weighted by atomic mass is 10.2. The third kappa shape index (κ3) is 3.68. The van der Waals surface area contributed by atoms with Gasteiger partial charge < -0.3 is 5.32 Å². The quantitative estimate of drug-likeness (QED) is 0.903. The van der Waals surface area contributed by atoms with Crippen LogP contribution >= 0.6 is 23.4 Å². The highest BCUT2D eigenvalue weighted by molar-refractivity contribution is 7.99. The molecule has 5 heteroatoms. The molecule has 0 aromatic carbocycles. The predicted octanol–water partition coefficient (Wildman–Crippen LogP) is 2.61. The molecule has 88 valence electrons. The monoisotopic (exact) mass is 258 g/mol. The molecule has 0 bridgehead atoms. The average molecular weight is 259 g/mol. The van der Waals surface area contributed by atoms with Crippen LogP contribution in [0.1, 0.15) is 24.2 Å². The Balaban J connectivity index is 2.64. The zero-order valence-corrected chi connectivity index (χ0v) is 11.2. The molecule has 0 aliphatic carbocycles. The third-order valence-corrected chi connectivity index (χ3v) is 3.80. The van der Waals surface area contributed by atoms with E-state index in [2.05, 4.69) is 24.1 Å². The van der Waals surface area contributed by atoms with Crippen LogP contribution in [-0.4, -0.2) is 28.4 Å². The van der Waals surface area contributed by atoms with E-state index >= 15 is 0 Å². The van der Waals surface area contributed by atoms with Crippen molar-refractivity contribution < 1.29 is 4.79 Å². The minimum absolute atomic E-state index is 0.0230. The van der Waals surface area contributed by atoms with Gasteiger partial charge in [0.2, 0.25) is 0 Å². The first kappa shape index (κ1) is 13.3. The second-order valence-corrected chi connectivity index (χ2v) is 5.92. The van der Waals surface area contributed by atoms with Crippen molar-refractivity contribution in [2.75, 3.05) is 12.8 Å². The van der Waals surface area contributed by atoms with Gasteiger partial charge in [-0.15, -0.1) is 0 Å². The summed E-state index contributed by atoms with van der Waals surface area (Å²) in [6.45, 7) is 4.75. The molecule has 0 atom stereocenters. The van der Waals surface area contributed by atoms with Crippen molar-refractivity contribution in [3.05, 3.63) is 29.0 Å². The summed E-state index contributed by atoms with van der Waals surface area (Å²) >= 11 is 7.58. The van der Waals surface area contributed by atoms with Gasteiger partial charge in [-0.2, -0.15) is 11.8 Å². The minimum atomic E-state index is -0.158. The number of aromatic nitrogens is 1. The second-order valence-electron chi connectivity index (χ2n) is 4.00. The summed E-state index contributed by atoms with van der Waals surface area (Å²) in [5.74, 6) is -0.158. The van der Waals surface area contributed by atoms with Crippen LogP contribution in [0, 0.1) is 0 Å². The SMILES string of the molecule is CSC(C)(C)CNC(=O)c1ccncc1Cl. The molecule has 1 heterocycles. The Kier molecular flexibility index (Phi) is 4.62. The second kappa shape index (κ2) is 5.55. The first-order valence-electron chi connectivity index (χ1n) is 4.89. The smallest absolute Gasteiger partial charge is 0.252 e. The van der Waals surface area contributed by atoms with E-state index in [1.807, 2.05) is 6.26 Å². The third-order valence-electron chi connectivity index (χ3n) is 2.24. The number of halogens is 1. The number of amides is 1. The highest BCUT2D eigenvalue weighted by Crippen LogP contribution is 2.20. The fourth-order valence-electron chi connectivity index (χ4n) is 1.02. The van der Waals surface area contributed by atoms with Crippen molar-refractivity contribution in [2.45, 2.75) is 18.6 Å². The van der Waals surface area contributed by atoms with E-state index in [4.69, 9.17) is 11.6 Å². The molecule has 0 saturated heterocycles. The van der Waals surface area contributed by atoms with Crippen LogP contribution in [-0.2, 0) is 0 Å². The van der Waals surface area contributed by atoms with Gasteiger partial charge in [0.15, 0.2) is 0 Å². The summed E-state index contributed by atoms with van der Waals surface area (Å²) < 4.78 is 0.0230. The van der Waals surface area contributed by atoms with Crippen LogP contribution in [0.25, 0.3) is 0 Å². The number of hydrogen-bond donors (Lipinski definition) is 1. The summed E-state index contributed by atoms with van der Waals surface area (Å²) in [5, 5.41) is 3.24. The summed E-state index contributed by atoms with van der Waals surface area (Å²) in [5.41, 5.74) is 0.466. The molecule has 1 aromatic rings. The molecule has 0 spiro atoms. The summed E-state index contributed by atoms with van der Waals surface area (Å²) in [6, 6.07) is 1.61. The van der Waals surface area contributed by atoms with Crippen molar-refractivity contribution >= 4 is 29.3 Å². The molecule has 1 rings (SSSR count). The summed E-state index contributed by atoms with van der Waals surface area (Å²) in [4.78, 5) is 15.6. The molecule has 1 aromatic heterocycles. The molecule has 16 heavy (non-hydrogen) atoms. The van der Waals surface area contributed by atoms with E-state index in [0.29, 0.717) is 17.1 Å². The number of thioether (sulfide) groups is 1. The van der Waals surface area contributed by atoms with E-state index in [0.717, 1.165) is 0 Å². The molecule has 0 aliphatic heterocycles. The number of rotatable bonds is 4. The Morgan fingerprint density at radius 3 is 2.88 bits per heavy atom. The van der Waals surface area contributed by atoms with Gasteiger partial charge in [0, 0.05) is 23.7 Å². The number of nitrogens with zero attached hydrogens (tertiary/aromatic N) is 1. The summed E-state index contributed by atoms with van der Waals surface area (Å²) in [7, 11) is 0. The first-order chi connectivity index (χ1) is 7.46. The number of carbonyl (C=O) groups is 1. The van der Waals surface area contributed by atoms with E-state index in [9.17, 15) is 4.79 Å². The van der Waals surface area contributed by atoms with Crippen LogP contribution in [0.2, 0.25) is 5.02 Å². The van der Waals surface area contributed by atoms with E-state index in [-0.39, 0.29) is 10.7 Å². The van der Waals surface area contributed by atoms with Gasteiger partial charge in [0.1, 0.15) is 0 Å². The summed E-state index contributed by atoms with van der Waals surface area (Å²) in [6.07, 6.45) is 5.04. The molecule has 1 amide bonds. The van der Waals surface area contributed by atoms with Gasteiger partial charge in [-0.05, 0) is 26.2 Å². The number of hydrogen-bond acceptors (Lipinski definition) is 3. The Morgan fingerprint density at radius 1 is 1.62 bits per heavy atom. The molecule has 0 aliphatic rings. The van der Waals surface area contributed by atoms with Gasteiger partial charge in [-0.25, -0.2) is 0 Å². The van der Waals surface area contributed by atoms with Crippen LogP contribution in [0.5, 0.6) is 0 Å². The fourth-order valence-corrected chi connectivity index (χ4v) is 1.44. The van der Waals surface area contributed by atoms with Crippen LogP contribution in [0.4, 0.5) is 0 Å². The maximum atomic E-state index is 11.8. The van der Waals surface area contributed by atoms with Crippen molar-refractivity contribution in [3.8, 4) is 0 Å². The predicted molar refractivity (Wildman–Crippen MR) is 69.2 cm³/mol. The molecule has 0 unspecified atom stereocenters. The molecule has 0 fully saturated rings. The molecule has 0 radical (unpaired) electrons. The van der Waals surface area contributed by atoms with Gasteiger partial charge in [0.05, 0.1) is 10.6 Å². The minimum Gasteiger partial charge on any atom is -0.351 e. The number of carbonyl (C=O) groups excluding carboxylic acids is 1. The van der Waals surface area contributed by atoms with Crippen molar-refractivity contribution in [3.63, 3.8) is 0 Å². The fraction of sp³-hybridized carbons (Fsp3) is 0.455. The van der Waals surface area contributed by atoms with Gasteiger partial charge in [0.25, 0.3) is 5.91 Å². The number of pyridine rings is 1. The lowest BCUT2D eigenvalue weighted by Gasteiger charge is -2.22. The zero-order chi connectivity index (χ0) is 12.2. The lowest BCUT2D eigenvalue weighted by Crippen LogP contribution is -2.36. The molecular formula is C11H15ClN2OS. The molecule has 3 nitrogen and oxygen atoms in total. The highest BCUT2D eigenvalue weighted by atomic mass is 35.5. The van der Waals surface area contributed by atoms with Crippen molar-refractivity contribution in [1.82, 2.24) is 10.3 Å². The highest BCUT2D eigenvalue weighted by Gasteiger charge is 2.18. The lowest BCUT2D eigenvalue weighted by molar-refractivity contribution is 0.0951. The van der Waals surface area contributed by atoms with E-state index < -0.39 is 0 Å². The Morgan fingerprint density at radius 2 is 2.31 bits per heavy atom. The van der Waals surface area contributed by atoms with E-state index in [1.54, 1.807) is 24.0 Å². The van der Waals surface area contributed by atoms with Crippen LogP contribution < -0.4 is 5.32 Å². The van der Waals surface area contributed by atoms with Crippen LogP contribution in [0.3, 0.4) is 0 Å². The van der Waals surface area contributed by atoms with Gasteiger partial charge >= 0.3 is 0 Å². The maximum Gasteiger partial charge on any atom is 0.252 e.